The van der Waals surface area contributed by atoms with Gasteiger partial charge in [0.15, 0.2) is 13.1 Å². The highest BCUT2D eigenvalue weighted by Gasteiger charge is 2.18. The van der Waals surface area contributed by atoms with E-state index in [1.54, 1.807) is 31.1 Å². The van der Waals surface area contributed by atoms with Crippen molar-refractivity contribution in [3.8, 4) is 0 Å². The maximum absolute atomic E-state index is 13.3. The molecule has 0 aliphatic carbocycles. The highest BCUT2D eigenvalue weighted by Crippen LogP contribution is 2.18. The molecule has 1 heterocycles. The minimum Gasteiger partial charge on any atom is -0.378 e. The van der Waals surface area contributed by atoms with Crippen molar-refractivity contribution in [2.24, 2.45) is 0 Å². The van der Waals surface area contributed by atoms with Crippen LogP contribution in [0.25, 0.3) is 0 Å². The van der Waals surface area contributed by atoms with E-state index >= 15 is 0 Å². The van der Waals surface area contributed by atoms with Crippen molar-refractivity contribution in [1.82, 2.24) is 4.90 Å². The van der Waals surface area contributed by atoms with E-state index in [1.807, 2.05) is 24.3 Å². The highest BCUT2D eigenvalue weighted by molar-refractivity contribution is 5.91. The van der Waals surface area contributed by atoms with Crippen molar-refractivity contribution in [3.05, 3.63) is 59.9 Å². The third kappa shape index (κ3) is 7.04. The van der Waals surface area contributed by atoms with Crippen LogP contribution in [0.3, 0.4) is 0 Å². The number of benzene rings is 2. The molecule has 1 fully saturated rings. The van der Waals surface area contributed by atoms with E-state index in [1.165, 1.54) is 12.1 Å². The van der Waals surface area contributed by atoms with Gasteiger partial charge in [0, 0.05) is 38.1 Å². The normalized spacial score (nSPS) is 14.7. The number of morpholine rings is 1. The number of hydrogen-bond acceptors (Lipinski definition) is 4. The van der Waals surface area contributed by atoms with Crippen LogP contribution < -0.4 is 15.1 Å². The first kappa shape index (κ1) is 22.7. The van der Waals surface area contributed by atoms with E-state index in [-0.39, 0.29) is 30.7 Å². The van der Waals surface area contributed by atoms with E-state index in [9.17, 15) is 14.0 Å². The van der Waals surface area contributed by atoms with Crippen LogP contribution in [-0.2, 0) is 20.9 Å². The number of amides is 2. The number of anilines is 2. The lowest BCUT2D eigenvalue weighted by molar-refractivity contribution is -0.862. The Kier molecular flexibility index (Phi) is 7.97. The molecule has 8 heteroatoms. The number of nitrogens with zero attached hydrogens (tertiary/aromatic N) is 2. The summed E-state index contributed by atoms with van der Waals surface area (Å²) in [5, 5.41) is 2.88. The number of nitrogens with one attached hydrogen (secondary N) is 2. The zero-order valence-corrected chi connectivity index (χ0v) is 18.1. The van der Waals surface area contributed by atoms with Gasteiger partial charge in [-0.25, -0.2) is 4.39 Å². The largest absolute Gasteiger partial charge is 0.378 e. The first-order valence-electron chi connectivity index (χ1n) is 10.4. The van der Waals surface area contributed by atoms with Gasteiger partial charge in [-0.3, -0.25) is 9.59 Å². The summed E-state index contributed by atoms with van der Waals surface area (Å²) < 4.78 is 18.7. The molecule has 1 atom stereocenters. The van der Waals surface area contributed by atoms with E-state index < -0.39 is 0 Å². The molecule has 166 valence electrons. The summed E-state index contributed by atoms with van der Waals surface area (Å²) in [5.74, 6) is -0.586. The molecule has 7 nitrogen and oxygen atoms in total. The molecular weight excluding hydrogens is 399 g/mol. The van der Waals surface area contributed by atoms with Gasteiger partial charge >= 0.3 is 0 Å². The van der Waals surface area contributed by atoms with Crippen molar-refractivity contribution >= 4 is 23.2 Å². The van der Waals surface area contributed by atoms with Gasteiger partial charge in [0.1, 0.15) is 5.82 Å². The molecule has 0 bridgehead atoms. The fourth-order valence-corrected chi connectivity index (χ4v) is 3.51. The summed E-state index contributed by atoms with van der Waals surface area (Å²) in [4.78, 5) is 29.4. The molecule has 2 N–H and O–H groups in total. The van der Waals surface area contributed by atoms with Crippen molar-refractivity contribution in [1.29, 1.82) is 0 Å². The lowest BCUT2D eigenvalue weighted by Crippen LogP contribution is -3.11. The average Bonchev–Trinajstić information content (AvgIpc) is 2.74. The van der Waals surface area contributed by atoms with Crippen molar-refractivity contribution in [2.75, 3.05) is 63.7 Å². The van der Waals surface area contributed by atoms with Crippen LogP contribution in [0.2, 0.25) is 0 Å². The Balaban J connectivity index is 1.43. The Morgan fingerprint density at radius 3 is 2.52 bits per heavy atom. The fraction of sp³-hybridized carbons (Fsp3) is 0.391. The Hall–Kier alpha value is -2.97. The van der Waals surface area contributed by atoms with E-state index in [4.69, 9.17) is 4.74 Å². The summed E-state index contributed by atoms with van der Waals surface area (Å²) in [6, 6.07) is 13.9. The molecule has 0 aromatic heterocycles. The van der Waals surface area contributed by atoms with Crippen LogP contribution in [0.1, 0.15) is 5.56 Å². The number of halogens is 1. The van der Waals surface area contributed by atoms with Crippen LogP contribution in [-0.4, -0.2) is 70.2 Å². The van der Waals surface area contributed by atoms with Crippen LogP contribution in [0.5, 0.6) is 0 Å². The van der Waals surface area contributed by atoms with Crippen LogP contribution in [0.4, 0.5) is 15.8 Å². The molecule has 0 spiro atoms. The molecule has 2 amide bonds. The van der Waals surface area contributed by atoms with Gasteiger partial charge in [-0.05, 0) is 42.0 Å². The maximum Gasteiger partial charge on any atom is 0.279 e. The standard InChI is InChI=1S/C23H29FN4O3/c1-26(17-23(30)27(2)15-18-4-3-5-19(24)14-18)16-22(29)25-20-6-8-21(9-7-20)28-10-12-31-13-11-28/h3-9,14H,10-13,15-17H2,1-2H3,(H,25,29)/p+1. The first-order chi connectivity index (χ1) is 14.9. The van der Waals surface area contributed by atoms with Gasteiger partial charge in [-0.1, -0.05) is 12.1 Å². The second-order valence-corrected chi connectivity index (χ2v) is 7.88. The third-order valence-corrected chi connectivity index (χ3v) is 5.18. The zero-order chi connectivity index (χ0) is 22.2. The lowest BCUT2D eigenvalue weighted by Gasteiger charge is -2.28. The van der Waals surface area contributed by atoms with Crippen molar-refractivity contribution in [3.63, 3.8) is 0 Å². The number of likely N-dealkylation sites (N-methyl/N-ethyl adjacent to an activating group) is 2. The lowest BCUT2D eigenvalue weighted by atomic mass is 10.2. The van der Waals surface area contributed by atoms with Gasteiger partial charge in [0.05, 0.1) is 20.3 Å². The topological polar surface area (TPSA) is 66.3 Å². The number of ether oxygens (including phenoxy) is 1. The van der Waals surface area contributed by atoms with E-state index in [2.05, 4.69) is 10.2 Å². The molecule has 3 rings (SSSR count). The fourth-order valence-electron chi connectivity index (χ4n) is 3.51. The summed E-state index contributed by atoms with van der Waals surface area (Å²) in [7, 11) is 3.48. The smallest absolute Gasteiger partial charge is 0.279 e. The number of carbonyl (C=O) groups is 2. The summed E-state index contributed by atoms with van der Waals surface area (Å²) in [5.41, 5.74) is 2.56. The molecule has 0 radical (unpaired) electrons. The molecule has 2 aromatic rings. The highest BCUT2D eigenvalue weighted by atomic mass is 19.1. The molecule has 1 aliphatic rings. The van der Waals surface area contributed by atoms with Gasteiger partial charge in [-0.15, -0.1) is 0 Å². The molecule has 31 heavy (non-hydrogen) atoms. The van der Waals surface area contributed by atoms with Gasteiger partial charge in [0.25, 0.3) is 11.8 Å². The van der Waals surface area contributed by atoms with Crippen molar-refractivity contribution < 1.29 is 23.6 Å². The zero-order valence-electron chi connectivity index (χ0n) is 18.1. The minimum absolute atomic E-state index is 0.107. The first-order valence-corrected chi connectivity index (χ1v) is 10.4. The Labute approximate surface area is 182 Å². The molecular formula is C23H30FN4O3+. The van der Waals surface area contributed by atoms with E-state index in [0.717, 1.165) is 48.1 Å². The predicted molar refractivity (Wildman–Crippen MR) is 118 cm³/mol. The predicted octanol–water partition coefficient (Wildman–Crippen LogP) is 0.774. The summed E-state index contributed by atoms with van der Waals surface area (Å²) in [6.45, 7) is 3.85. The molecule has 1 unspecified atom stereocenters. The quantitative estimate of drug-likeness (QED) is 0.651. The van der Waals surface area contributed by atoms with Crippen LogP contribution in [0.15, 0.2) is 48.5 Å². The SMILES string of the molecule is CN(Cc1cccc(F)c1)C(=O)C[NH+](C)CC(=O)Nc1ccc(N2CCOCC2)cc1. The van der Waals surface area contributed by atoms with Gasteiger partial charge in [-0.2, -0.15) is 0 Å². The molecule has 2 aromatic carbocycles. The second kappa shape index (κ2) is 10.9. The maximum atomic E-state index is 13.3. The van der Waals surface area contributed by atoms with Gasteiger partial charge in [0.2, 0.25) is 0 Å². The van der Waals surface area contributed by atoms with Gasteiger partial charge < -0.3 is 24.8 Å². The number of quaternary nitrogens is 1. The van der Waals surface area contributed by atoms with Crippen molar-refractivity contribution in [2.45, 2.75) is 6.54 Å². The molecule has 1 aliphatic heterocycles. The Bertz CT molecular complexity index is 885. The number of rotatable bonds is 8. The average molecular weight is 430 g/mol. The monoisotopic (exact) mass is 429 g/mol. The number of carbonyl (C=O) groups excluding carboxylic acids is 2. The Morgan fingerprint density at radius 2 is 1.84 bits per heavy atom. The minimum atomic E-state index is -0.323. The summed E-state index contributed by atoms with van der Waals surface area (Å²) >= 11 is 0. The van der Waals surface area contributed by atoms with E-state index in [0.29, 0.717) is 6.54 Å². The third-order valence-electron chi connectivity index (χ3n) is 5.18. The molecule has 1 saturated heterocycles. The summed E-state index contributed by atoms with van der Waals surface area (Å²) in [6.07, 6.45) is 0. The van der Waals surface area contributed by atoms with Crippen LogP contribution >= 0.6 is 0 Å². The molecule has 0 saturated carbocycles. The Morgan fingerprint density at radius 1 is 1.13 bits per heavy atom. The van der Waals surface area contributed by atoms with Crippen LogP contribution in [0, 0.1) is 5.82 Å². The number of hydrogen-bond donors (Lipinski definition) is 2. The second-order valence-electron chi connectivity index (χ2n) is 7.88.